The molecule has 0 saturated carbocycles. The van der Waals surface area contributed by atoms with Gasteiger partial charge in [0.25, 0.3) is 0 Å². The monoisotopic (exact) mass is 342 g/mol. The smallest absolute Gasteiger partial charge is 0.224 e. The van der Waals surface area contributed by atoms with Crippen LogP contribution in [-0.4, -0.2) is 24.5 Å². The molecule has 1 heterocycles. The molecule has 0 aliphatic rings. The largest absolute Gasteiger partial charge is 0.496 e. The van der Waals surface area contributed by atoms with Crippen molar-refractivity contribution in [3.8, 4) is 5.75 Å². The van der Waals surface area contributed by atoms with Crippen LogP contribution < -0.4 is 10.1 Å². The molecular formula is C19H19ClN2O2. The number of aromatic nitrogens is 1. The van der Waals surface area contributed by atoms with Gasteiger partial charge in [0, 0.05) is 34.2 Å². The minimum Gasteiger partial charge on any atom is -0.496 e. The molecular weight excluding hydrogens is 324 g/mol. The van der Waals surface area contributed by atoms with Gasteiger partial charge in [-0.25, -0.2) is 0 Å². The number of methoxy groups -OCH3 is 1. The Morgan fingerprint density at radius 1 is 1.21 bits per heavy atom. The van der Waals surface area contributed by atoms with Gasteiger partial charge in [-0.1, -0.05) is 29.8 Å². The van der Waals surface area contributed by atoms with Crippen LogP contribution in [0, 0.1) is 0 Å². The van der Waals surface area contributed by atoms with Crippen molar-refractivity contribution in [2.75, 3.05) is 13.7 Å². The summed E-state index contributed by atoms with van der Waals surface area (Å²) in [7, 11) is 1.61. The predicted molar refractivity (Wildman–Crippen MR) is 96.7 cm³/mol. The van der Waals surface area contributed by atoms with Crippen LogP contribution in [0.3, 0.4) is 0 Å². The maximum atomic E-state index is 12.1. The molecule has 0 aliphatic heterocycles. The molecule has 3 aromatic rings. The Hall–Kier alpha value is -2.46. The lowest BCUT2D eigenvalue weighted by atomic mass is 10.1. The molecule has 0 atom stereocenters. The molecule has 2 N–H and O–H groups in total. The lowest BCUT2D eigenvalue weighted by molar-refractivity contribution is -0.120. The molecule has 0 fully saturated rings. The quantitative estimate of drug-likeness (QED) is 0.717. The normalized spacial score (nSPS) is 10.8. The van der Waals surface area contributed by atoms with Crippen molar-refractivity contribution in [1.82, 2.24) is 10.3 Å². The molecule has 0 spiro atoms. The number of fused-ring (bicyclic) bond motifs is 1. The average molecular weight is 343 g/mol. The fraction of sp³-hybridized carbons (Fsp3) is 0.211. The van der Waals surface area contributed by atoms with E-state index < -0.39 is 0 Å². The predicted octanol–water partition coefficient (Wildman–Crippen LogP) is 3.73. The van der Waals surface area contributed by atoms with E-state index in [-0.39, 0.29) is 5.91 Å². The van der Waals surface area contributed by atoms with Crippen molar-refractivity contribution in [1.29, 1.82) is 0 Å². The van der Waals surface area contributed by atoms with E-state index in [1.807, 2.05) is 48.7 Å². The minimum absolute atomic E-state index is 0.0163. The third kappa shape index (κ3) is 3.71. The highest BCUT2D eigenvalue weighted by Gasteiger charge is 2.09. The zero-order valence-electron chi connectivity index (χ0n) is 13.4. The van der Waals surface area contributed by atoms with E-state index in [4.69, 9.17) is 16.3 Å². The van der Waals surface area contributed by atoms with Crippen LogP contribution in [0.4, 0.5) is 0 Å². The Bertz CT molecular complexity index is 857. The number of aromatic amines is 1. The van der Waals surface area contributed by atoms with E-state index in [0.29, 0.717) is 18.0 Å². The van der Waals surface area contributed by atoms with Crippen LogP contribution in [0.5, 0.6) is 5.75 Å². The van der Waals surface area contributed by atoms with Gasteiger partial charge in [-0.2, -0.15) is 0 Å². The Labute approximate surface area is 145 Å². The van der Waals surface area contributed by atoms with Gasteiger partial charge in [0.2, 0.25) is 5.91 Å². The van der Waals surface area contributed by atoms with Crippen molar-refractivity contribution in [2.24, 2.45) is 0 Å². The zero-order chi connectivity index (χ0) is 16.9. The zero-order valence-corrected chi connectivity index (χ0v) is 14.2. The Morgan fingerprint density at radius 3 is 2.88 bits per heavy atom. The summed E-state index contributed by atoms with van der Waals surface area (Å²) in [4.78, 5) is 15.4. The number of halogens is 1. The minimum atomic E-state index is -0.0163. The second kappa shape index (κ2) is 7.41. The number of hydrogen-bond donors (Lipinski definition) is 2. The number of carbonyl (C=O) groups excluding carboxylic acids is 1. The summed E-state index contributed by atoms with van der Waals surface area (Å²) >= 11 is 6.06. The Morgan fingerprint density at radius 2 is 2.04 bits per heavy atom. The number of carbonyl (C=O) groups is 1. The van der Waals surface area contributed by atoms with Gasteiger partial charge in [0.05, 0.1) is 13.5 Å². The first-order valence-corrected chi connectivity index (χ1v) is 8.19. The van der Waals surface area contributed by atoms with Crippen molar-refractivity contribution in [3.63, 3.8) is 0 Å². The van der Waals surface area contributed by atoms with E-state index in [9.17, 15) is 4.79 Å². The number of hydrogen-bond acceptors (Lipinski definition) is 2. The van der Waals surface area contributed by atoms with Crippen molar-refractivity contribution < 1.29 is 9.53 Å². The van der Waals surface area contributed by atoms with E-state index in [0.717, 1.165) is 34.2 Å². The summed E-state index contributed by atoms with van der Waals surface area (Å²) in [5.41, 5.74) is 3.08. The molecule has 4 nitrogen and oxygen atoms in total. The molecule has 0 bridgehead atoms. The first-order valence-electron chi connectivity index (χ1n) is 7.81. The van der Waals surface area contributed by atoms with Crippen molar-refractivity contribution in [3.05, 3.63) is 64.8 Å². The van der Waals surface area contributed by atoms with Crippen LogP contribution in [0.15, 0.2) is 48.7 Å². The molecule has 0 aliphatic carbocycles. The first-order chi connectivity index (χ1) is 11.7. The van der Waals surface area contributed by atoms with Gasteiger partial charge < -0.3 is 15.0 Å². The number of nitrogens with one attached hydrogen (secondary N) is 2. The number of ether oxygens (including phenoxy) is 1. The van der Waals surface area contributed by atoms with E-state index in [2.05, 4.69) is 10.3 Å². The van der Waals surface area contributed by atoms with Gasteiger partial charge in [0.1, 0.15) is 5.75 Å². The molecule has 24 heavy (non-hydrogen) atoms. The third-order valence-electron chi connectivity index (χ3n) is 3.99. The van der Waals surface area contributed by atoms with Gasteiger partial charge >= 0.3 is 0 Å². The fourth-order valence-corrected chi connectivity index (χ4v) is 2.95. The number of H-pyrrole nitrogens is 1. The van der Waals surface area contributed by atoms with Crippen LogP contribution in [0.2, 0.25) is 5.02 Å². The first kappa shape index (κ1) is 16.4. The number of amides is 1. The number of benzene rings is 2. The third-order valence-corrected chi connectivity index (χ3v) is 4.22. The average Bonchev–Trinajstić information content (AvgIpc) is 2.97. The molecule has 0 radical (unpaired) electrons. The summed E-state index contributed by atoms with van der Waals surface area (Å²) in [6.07, 6.45) is 3.02. The van der Waals surface area contributed by atoms with Crippen molar-refractivity contribution in [2.45, 2.75) is 12.8 Å². The van der Waals surface area contributed by atoms with Gasteiger partial charge in [-0.05, 0) is 36.2 Å². The summed E-state index contributed by atoms with van der Waals surface area (Å²) in [5.74, 6) is 0.719. The maximum absolute atomic E-state index is 12.1. The highest BCUT2D eigenvalue weighted by Crippen LogP contribution is 2.22. The fourth-order valence-electron chi connectivity index (χ4n) is 2.78. The highest BCUT2D eigenvalue weighted by molar-refractivity contribution is 6.31. The molecule has 0 unspecified atom stereocenters. The van der Waals surface area contributed by atoms with Crippen LogP contribution in [-0.2, 0) is 17.6 Å². The Kier molecular flexibility index (Phi) is 5.06. The second-order valence-electron chi connectivity index (χ2n) is 5.59. The molecule has 0 saturated heterocycles. The van der Waals surface area contributed by atoms with E-state index in [1.165, 1.54) is 0 Å². The van der Waals surface area contributed by atoms with E-state index in [1.54, 1.807) is 7.11 Å². The summed E-state index contributed by atoms with van der Waals surface area (Å²) < 4.78 is 5.27. The lowest BCUT2D eigenvalue weighted by Crippen LogP contribution is -2.27. The summed E-state index contributed by atoms with van der Waals surface area (Å²) in [6.45, 7) is 0.577. The van der Waals surface area contributed by atoms with Crippen LogP contribution >= 0.6 is 11.6 Å². The van der Waals surface area contributed by atoms with Crippen LogP contribution in [0.25, 0.3) is 10.9 Å². The number of rotatable bonds is 6. The SMILES string of the molecule is COc1ccccc1CC(=O)NCCc1c[nH]c2ccc(Cl)cc12. The second-order valence-corrected chi connectivity index (χ2v) is 6.03. The molecule has 2 aromatic carbocycles. The molecule has 3 rings (SSSR count). The molecule has 1 amide bonds. The Balaban J connectivity index is 1.57. The van der Waals surface area contributed by atoms with Gasteiger partial charge in [-0.3, -0.25) is 4.79 Å². The molecule has 1 aromatic heterocycles. The van der Waals surface area contributed by atoms with Gasteiger partial charge in [-0.15, -0.1) is 0 Å². The summed E-state index contributed by atoms with van der Waals surface area (Å²) in [6, 6.07) is 13.3. The molecule has 5 heteroatoms. The lowest BCUT2D eigenvalue weighted by Gasteiger charge is -2.08. The standard InChI is InChI=1S/C19H19ClN2O2/c1-24-18-5-3-2-4-13(18)10-19(23)21-9-8-14-12-22-17-7-6-15(20)11-16(14)17/h2-7,11-12,22H,8-10H2,1H3,(H,21,23). The van der Waals surface area contributed by atoms with E-state index >= 15 is 0 Å². The maximum Gasteiger partial charge on any atom is 0.224 e. The summed E-state index contributed by atoms with van der Waals surface area (Å²) in [5, 5.41) is 4.77. The van der Waals surface area contributed by atoms with Gasteiger partial charge in [0.15, 0.2) is 0 Å². The highest BCUT2D eigenvalue weighted by atomic mass is 35.5. The van der Waals surface area contributed by atoms with Crippen molar-refractivity contribution >= 4 is 28.4 Å². The molecule has 124 valence electrons. The number of para-hydroxylation sites is 1. The van der Waals surface area contributed by atoms with Crippen LogP contribution in [0.1, 0.15) is 11.1 Å². The topological polar surface area (TPSA) is 54.1 Å².